The third kappa shape index (κ3) is 2.78. The lowest BCUT2D eigenvalue weighted by molar-refractivity contribution is -0.130. The van der Waals surface area contributed by atoms with Gasteiger partial charge in [0.1, 0.15) is 24.7 Å². The second-order valence-electron chi connectivity index (χ2n) is 3.40. The molecule has 0 spiro atoms. The van der Waals surface area contributed by atoms with Gasteiger partial charge in [-0.05, 0) is 13.8 Å². The smallest absolute Gasteiger partial charge is 0.245 e. The predicted molar refractivity (Wildman–Crippen MR) is 56.4 cm³/mol. The minimum Gasteiger partial charge on any atom is -0.357 e. The van der Waals surface area contributed by atoms with E-state index in [1.54, 1.807) is 13.8 Å². The Morgan fingerprint density at radius 3 is 2.50 bits per heavy atom. The Bertz CT molecular complexity index is 362. The van der Waals surface area contributed by atoms with Gasteiger partial charge in [-0.2, -0.15) is 5.10 Å². The van der Waals surface area contributed by atoms with Crippen molar-refractivity contribution in [3.63, 3.8) is 0 Å². The SMILES string of the molecule is CNC(=O)[C@@H](C)NC(=O)[C@@H](C)n1cncn1. The third-order valence-electron chi connectivity index (χ3n) is 2.21. The fourth-order valence-corrected chi connectivity index (χ4v) is 1.15. The van der Waals surface area contributed by atoms with E-state index in [1.165, 1.54) is 24.4 Å². The summed E-state index contributed by atoms with van der Waals surface area (Å²) < 4.78 is 1.42. The highest BCUT2D eigenvalue weighted by Gasteiger charge is 2.20. The van der Waals surface area contributed by atoms with Crippen LogP contribution in [-0.4, -0.2) is 39.7 Å². The molecule has 0 fully saturated rings. The lowest BCUT2D eigenvalue weighted by atomic mass is 10.2. The number of nitrogens with zero attached hydrogens (tertiary/aromatic N) is 3. The number of aromatic nitrogens is 3. The molecular weight excluding hydrogens is 210 g/mol. The Morgan fingerprint density at radius 1 is 1.31 bits per heavy atom. The van der Waals surface area contributed by atoms with Gasteiger partial charge in [-0.15, -0.1) is 0 Å². The van der Waals surface area contributed by atoms with Gasteiger partial charge in [-0.25, -0.2) is 9.67 Å². The van der Waals surface area contributed by atoms with E-state index in [0.717, 1.165) is 0 Å². The van der Waals surface area contributed by atoms with Crippen molar-refractivity contribution in [3.05, 3.63) is 12.7 Å². The molecule has 0 aromatic carbocycles. The number of carbonyl (C=O) groups excluding carboxylic acids is 2. The predicted octanol–water partition coefficient (Wildman–Crippen LogP) is -0.910. The first kappa shape index (κ1) is 12.2. The highest BCUT2D eigenvalue weighted by molar-refractivity contribution is 5.88. The van der Waals surface area contributed by atoms with E-state index < -0.39 is 12.1 Å². The molecule has 2 atom stereocenters. The molecule has 2 amide bonds. The van der Waals surface area contributed by atoms with Gasteiger partial charge in [0.2, 0.25) is 11.8 Å². The van der Waals surface area contributed by atoms with Gasteiger partial charge in [0.25, 0.3) is 0 Å². The van der Waals surface area contributed by atoms with Crippen molar-refractivity contribution in [3.8, 4) is 0 Å². The first-order valence-electron chi connectivity index (χ1n) is 4.92. The quantitative estimate of drug-likeness (QED) is 0.694. The largest absolute Gasteiger partial charge is 0.357 e. The van der Waals surface area contributed by atoms with Crippen molar-refractivity contribution >= 4 is 11.8 Å². The van der Waals surface area contributed by atoms with Crippen molar-refractivity contribution in [2.45, 2.75) is 25.9 Å². The fraction of sp³-hybridized carbons (Fsp3) is 0.556. The summed E-state index contributed by atoms with van der Waals surface area (Å²) >= 11 is 0. The Labute approximate surface area is 93.2 Å². The van der Waals surface area contributed by atoms with Crippen LogP contribution in [0.4, 0.5) is 0 Å². The maximum Gasteiger partial charge on any atom is 0.245 e. The molecule has 0 unspecified atom stereocenters. The maximum atomic E-state index is 11.7. The molecule has 1 aromatic rings. The van der Waals surface area contributed by atoms with E-state index in [1.807, 2.05) is 0 Å². The molecule has 0 aliphatic carbocycles. The summed E-state index contributed by atoms with van der Waals surface area (Å²) in [5, 5.41) is 8.89. The maximum absolute atomic E-state index is 11.7. The molecule has 1 heterocycles. The summed E-state index contributed by atoms with van der Waals surface area (Å²) in [5.74, 6) is -0.513. The summed E-state index contributed by atoms with van der Waals surface area (Å²) in [6, 6.07) is -1.06. The molecule has 0 aliphatic heterocycles. The van der Waals surface area contributed by atoms with Crippen LogP contribution in [0.2, 0.25) is 0 Å². The zero-order valence-electron chi connectivity index (χ0n) is 9.47. The van der Waals surface area contributed by atoms with Crippen LogP contribution < -0.4 is 10.6 Å². The lowest BCUT2D eigenvalue weighted by Crippen LogP contribution is -2.45. The molecule has 88 valence electrons. The number of hydrogen-bond acceptors (Lipinski definition) is 4. The van der Waals surface area contributed by atoms with Crippen molar-refractivity contribution in [1.82, 2.24) is 25.4 Å². The minimum absolute atomic E-state index is 0.237. The number of likely N-dealkylation sites (N-methyl/N-ethyl adjacent to an activating group) is 1. The molecule has 0 radical (unpaired) electrons. The number of nitrogens with one attached hydrogen (secondary N) is 2. The average Bonchev–Trinajstić information content (AvgIpc) is 2.79. The van der Waals surface area contributed by atoms with Crippen LogP contribution in [0.3, 0.4) is 0 Å². The lowest BCUT2D eigenvalue weighted by Gasteiger charge is -2.16. The van der Waals surface area contributed by atoms with E-state index in [2.05, 4.69) is 20.7 Å². The molecular formula is C9H15N5O2. The summed E-state index contributed by atoms with van der Waals surface area (Å²) in [6.45, 7) is 3.30. The van der Waals surface area contributed by atoms with Gasteiger partial charge in [-0.3, -0.25) is 9.59 Å². The highest BCUT2D eigenvalue weighted by atomic mass is 16.2. The van der Waals surface area contributed by atoms with Crippen molar-refractivity contribution in [2.24, 2.45) is 0 Å². The summed E-state index contributed by atoms with van der Waals surface area (Å²) in [4.78, 5) is 26.6. The van der Waals surface area contributed by atoms with Crippen LogP contribution in [0.5, 0.6) is 0 Å². The van der Waals surface area contributed by atoms with Crippen LogP contribution in [0, 0.1) is 0 Å². The number of carbonyl (C=O) groups is 2. The van der Waals surface area contributed by atoms with Crippen LogP contribution in [-0.2, 0) is 9.59 Å². The topological polar surface area (TPSA) is 88.9 Å². The fourth-order valence-electron chi connectivity index (χ4n) is 1.15. The van der Waals surface area contributed by atoms with Gasteiger partial charge in [-0.1, -0.05) is 0 Å². The van der Waals surface area contributed by atoms with Crippen LogP contribution in [0.25, 0.3) is 0 Å². The zero-order chi connectivity index (χ0) is 12.1. The van der Waals surface area contributed by atoms with Gasteiger partial charge >= 0.3 is 0 Å². The molecule has 0 aliphatic rings. The molecule has 1 aromatic heterocycles. The molecule has 7 nitrogen and oxygen atoms in total. The summed E-state index contributed by atoms with van der Waals surface area (Å²) in [5.41, 5.74) is 0. The monoisotopic (exact) mass is 225 g/mol. The summed E-state index contributed by atoms with van der Waals surface area (Å²) in [6.07, 6.45) is 2.81. The van der Waals surface area contributed by atoms with Crippen molar-refractivity contribution in [1.29, 1.82) is 0 Å². The Kier molecular flexibility index (Phi) is 3.98. The van der Waals surface area contributed by atoms with Crippen LogP contribution in [0.1, 0.15) is 19.9 Å². The Balaban J connectivity index is 2.56. The molecule has 2 N–H and O–H groups in total. The van der Waals surface area contributed by atoms with E-state index in [-0.39, 0.29) is 11.8 Å². The van der Waals surface area contributed by atoms with Crippen LogP contribution >= 0.6 is 0 Å². The Hall–Kier alpha value is -1.92. The van der Waals surface area contributed by atoms with Gasteiger partial charge in [0.05, 0.1) is 0 Å². The van der Waals surface area contributed by atoms with Crippen LogP contribution in [0.15, 0.2) is 12.7 Å². The van der Waals surface area contributed by atoms with Gasteiger partial charge in [0, 0.05) is 7.05 Å². The first-order valence-corrected chi connectivity index (χ1v) is 4.92. The molecule has 0 saturated heterocycles. The number of hydrogen-bond donors (Lipinski definition) is 2. The molecule has 1 rings (SSSR count). The Morgan fingerprint density at radius 2 is 2.00 bits per heavy atom. The molecule has 16 heavy (non-hydrogen) atoms. The van der Waals surface area contributed by atoms with E-state index >= 15 is 0 Å². The minimum atomic E-state index is -0.566. The van der Waals surface area contributed by atoms with E-state index in [0.29, 0.717) is 0 Å². The third-order valence-corrected chi connectivity index (χ3v) is 2.21. The van der Waals surface area contributed by atoms with Gasteiger partial charge < -0.3 is 10.6 Å². The summed E-state index contributed by atoms with van der Waals surface area (Å²) in [7, 11) is 1.52. The molecule has 0 bridgehead atoms. The van der Waals surface area contributed by atoms with E-state index in [4.69, 9.17) is 0 Å². The van der Waals surface area contributed by atoms with Gasteiger partial charge in [0.15, 0.2) is 0 Å². The molecule has 0 saturated carbocycles. The zero-order valence-corrected chi connectivity index (χ0v) is 9.47. The normalized spacial score (nSPS) is 13.9. The highest BCUT2D eigenvalue weighted by Crippen LogP contribution is 2.02. The van der Waals surface area contributed by atoms with E-state index in [9.17, 15) is 9.59 Å². The second-order valence-corrected chi connectivity index (χ2v) is 3.40. The van der Waals surface area contributed by atoms with Crippen molar-refractivity contribution < 1.29 is 9.59 Å². The molecule has 7 heteroatoms. The number of amides is 2. The second kappa shape index (κ2) is 5.24. The standard InChI is InChI=1S/C9H15N5O2/c1-6(8(15)10-3)13-9(16)7(2)14-5-11-4-12-14/h4-7H,1-3H3,(H,10,15)(H,13,16)/t6-,7-/m1/s1. The van der Waals surface area contributed by atoms with Crippen molar-refractivity contribution in [2.75, 3.05) is 7.05 Å². The first-order chi connectivity index (χ1) is 7.56. The average molecular weight is 225 g/mol. The number of rotatable bonds is 4.